The van der Waals surface area contributed by atoms with Gasteiger partial charge in [-0.15, -0.1) is 5.10 Å². The van der Waals surface area contributed by atoms with Crippen LogP contribution in [0.4, 0.5) is 11.4 Å². The van der Waals surface area contributed by atoms with Gasteiger partial charge in [-0.3, -0.25) is 28.8 Å². The Morgan fingerprint density at radius 1 is 0.857 bits per heavy atom. The predicted molar refractivity (Wildman–Crippen MR) is 288 cm³/mol. The van der Waals surface area contributed by atoms with E-state index in [0.717, 1.165) is 56.9 Å². The number of rotatable bonds is 20. The number of benzene rings is 4. The van der Waals surface area contributed by atoms with Crippen molar-refractivity contribution in [3.8, 4) is 11.8 Å². The molecule has 1 aliphatic heterocycles. The highest BCUT2D eigenvalue weighted by molar-refractivity contribution is 6.12. The molecule has 19 nitrogen and oxygen atoms in total. The number of hydrogen-bond donors (Lipinski definition) is 7. The van der Waals surface area contributed by atoms with E-state index < -0.39 is 42.0 Å². The number of aryl methyl sites for hydroxylation is 2. The molecule has 6 amide bonds. The number of carboxylic acids is 1. The van der Waals surface area contributed by atoms with Crippen LogP contribution < -0.4 is 31.9 Å². The SMILES string of the molecule is CN[C@@H](C)C(=O)N[C@H](C(=O)N1C[C@@H](NC(=O)CCCCc2cn(-c3ccc(C(=O)Nc4cccc(/C=C(\C#N)C(=O)Nc5ccccc5C(=O)O)c4)cc3)nn2)C[C@H]1C(=O)NC1CCCc2ccccc21)C1CCCCC1. The van der Waals surface area contributed by atoms with Crippen LogP contribution in [0.1, 0.15) is 127 Å². The summed E-state index contributed by atoms with van der Waals surface area (Å²) in [4.78, 5) is 95.2. The van der Waals surface area contributed by atoms with Crippen LogP contribution in [0.15, 0.2) is 109 Å². The van der Waals surface area contributed by atoms with Crippen LogP contribution in [-0.2, 0) is 36.8 Å². The van der Waals surface area contributed by atoms with E-state index >= 15 is 0 Å². The Bertz CT molecular complexity index is 3050. The summed E-state index contributed by atoms with van der Waals surface area (Å²) in [6, 6.07) is 26.3. The second-order valence-corrected chi connectivity index (χ2v) is 20.0. The average molecular weight is 1040 g/mol. The third-order valence-corrected chi connectivity index (χ3v) is 14.7. The van der Waals surface area contributed by atoms with Crippen LogP contribution in [0, 0.1) is 17.2 Å². The Morgan fingerprint density at radius 3 is 2.39 bits per heavy atom. The van der Waals surface area contributed by atoms with Crippen molar-refractivity contribution in [2.45, 2.75) is 121 Å². The summed E-state index contributed by atoms with van der Waals surface area (Å²) in [5, 5.41) is 45.5. The van der Waals surface area contributed by atoms with E-state index in [9.17, 15) is 43.9 Å². The maximum atomic E-state index is 14.7. The zero-order valence-electron chi connectivity index (χ0n) is 43.3. The van der Waals surface area contributed by atoms with Crippen molar-refractivity contribution in [2.75, 3.05) is 24.2 Å². The summed E-state index contributed by atoms with van der Waals surface area (Å²) in [6.07, 6.45) is 12.6. The number of nitriles is 1. The number of likely N-dealkylation sites (N-methyl/N-ethyl adjacent to an activating group) is 1. The molecule has 2 fully saturated rings. The van der Waals surface area contributed by atoms with E-state index in [2.05, 4.69) is 48.3 Å². The maximum Gasteiger partial charge on any atom is 0.337 e. The zero-order chi connectivity index (χ0) is 54.4. The largest absolute Gasteiger partial charge is 0.478 e. The fourth-order valence-corrected chi connectivity index (χ4v) is 10.4. The Labute approximate surface area is 447 Å². The second-order valence-electron chi connectivity index (χ2n) is 20.0. The first kappa shape index (κ1) is 54.8. The normalized spacial score (nSPS) is 18.2. The lowest BCUT2D eigenvalue weighted by Gasteiger charge is -2.35. The van der Waals surface area contributed by atoms with Gasteiger partial charge in [0.05, 0.1) is 40.9 Å². The summed E-state index contributed by atoms with van der Waals surface area (Å²) in [6.45, 7) is 1.89. The van der Waals surface area contributed by atoms with Crippen LogP contribution in [0.5, 0.6) is 0 Å². The Kier molecular flexibility index (Phi) is 18.4. The molecule has 19 heteroatoms. The molecule has 0 radical (unpaired) electrons. The van der Waals surface area contributed by atoms with E-state index in [0.29, 0.717) is 47.5 Å². The summed E-state index contributed by atoms with van der Waals surface area (Å²) in [5.41, 5.74) is 4.54. The van der Waals surface area contributed by atoms with Crippen LogP contribution in [0.2, 0.25) is 0 Å². The molecule has 4 aromatic carbocycles. The number of unbranched alkanes of at least 4 members (excludes halogenated alkanes) is 1. The fourth-order valence-electron chi connectivity index (χ4n) is 10.4. The number of carbonyl (C=O) groups excluding carboxylic acids is 6. The van der Waals surface area contributed by atoms with Crippen LogP contribution in [0.25, 0.3) is 11.8 Å². The maximum absolute atomic E-state index is 14.7. The monoisotopic (exact) mass is 1040 g/mol. The molecule has 1 saturated carbocycles. The molecule has 0 bridgehead atoms. The smallest absolute Gasteiger partial charge is 0.337 e. The third kappa shape index (κ3) is 14.1. The Balaban J connectivity index is 0.835. The first-order chi connectivity index (χ1) is 37.3. The summed E-state index contributed by atoms with van der Waals surface area (Å²) in [5.74, 6) is -3.50. The molecule has 77 heavy (non-hydrogen) atoms. The van der Waals surface area contributed by atoms with Crippen molar-refractivity contribution < 1.29 is 38.7 Å². The van der Waals surface area contributed by atoms with E-state index in [4.69, 9.17) is 0 Å². The number of carboxylic acid groups (broad SMARTS) is 1. The number of amides is 6. The van der Waals surface area contributed by atoms with Gasteiger partial charge in [-0.25, -0.2) is 9.48 Å². The zero-order valence-corrected chi connectivity index (χ0v) is 43.3. The summed E-state index contributed by atoms with van der Waals surface area (Å²) in [7, 11) is 1.70. The van der Waals surface area contributed by atoms with Crippen molar-refractivity contribution in [3.63, 3.8) is 0 Å². The van der Waals surface area contributed by atoms with Gasteiger partial charge < -0.3 is 41.9 Å². The molecule has 2 heterocycles. The Morgan fingerprint density at radius 2 is 1.62 bits per heavy atom. The van der Waals surface area contributed by atoms with Gasteiger partial charge in [-0.1, -0.05) is 73.0 Å². The minimum absolute atomic E-state index is 0.0473. The van der Waals surface area contributed by atoms with E-state index in [1.54, 1.807) is 84.3 Å². The number of anilines is 2. The van der Waals surface area contributed by atoms with E-state index in [-0.39, 0.29) is 71.8 Å². The molecule has 400 valence electrons. The number of carbonyl (C=O) groups is 7. The van der Waals surface area contributed by atoms with Gasteiger partial charge in [0.15, 0.2) is 0 Å². The molecule has 1 unspecified atom stereocenters. The number of likely N-dealkylation sites (tertiary alicyclic amines) is 1. The molecule has 3 aliphatic rings. The molecule has 7 N–H and O–H groups in total. The van der Waals surface area contributed by atoms with Crippen LogP contribution >= 0.6 is 0 Å². The molecule has 8 rings (SSSR count). The second kappa shape index (κ2) is 25.8. The van der Waals surface area contributed by atoms with E-state index in [1.807, 2.05) is 24.3 Å². The van der Waals surface area contributed by atoms with Gasteiger partial charge in [0.2, 0.25) is 23.6 Å². The first-order valence-corrected chi connectivity index (χ1v) is 26.4. The molecule has 1 aromatic heterocycles. The highest BCUT2D eigenvalue weighted by atomic mass is 16.4. The van der Waals surface area contributed by atoms with Crippen LogP contribution in [-0.4, -0.2) is 104 Å². The molecular weight excluding hydrogens is 979 g/mol. The number of hydrogen-bond acceptors (Lipinski definition) is 11. The minimum Gasteiger partial charge on any atom is -0.478 e. The van der Waals surface area contributed by atoms with Crippen molar-refractivity contribution in [1.82, 2.24) is 41.2 Å². The summed E-state index contributed by atoms with van der Waals surface area (Å²) < 4.78 is 1.60. The van der Waals surface area contributed by atoms with Gasteiger partial charge in [-0.2, -0.15) is 5.26 Å². The number of fused-ring (bicyclic) bond motifs is 1. The Hall–Kier alpha value is -8.50. The summed E-state index contributed by atoms with van der Waals surface area (Å²) >= 11 is 0. The number of para-hydroxylation sites is 1. The lowest BCUT2D eigenvalue weighted by molar-refractivity contribution is -0.143. The highest BCUT2D eigenvalue weighted by Gasteiger charge is 2.45. The number of nitrogens with one attached hydrogen (secondary N) is 6. The van der Waals surface area contributed by atoms with Crippen LogP contribution in [0.3, 0.4) is 0 Å². The molecular formula is C58H65N11O8. The predicted octanol–water partition coefficient (Wildman–Crippen LogP) is 6.43. The fraction of sp³-hybridized carbons (Fsp3) is 0.379. The molecule has 1 saturated heterocycles. The molecule has 2 aliphatic carbocycles. The first-order valence-electron chi connectivity index (χ1n) is 26.4. The van der Waals surface area contributed by atoms with Gasteiger partial charge in [0.1, 0.15) is 23.7 Å². The van der Waals surface area contributed by atoms with E-state index in [1.165, 1.54) is 29.8 Å². The third-order valence-electron chi connectivity index (χ3n) is 14.7. The highest BCUT2D eigenvalue weighted by Crippen LogP contribution is 2.33. The van der Waals surface area contributed by atoms with Gasteiger partial charge >= 0.3 is 5.97 Å². The molecule has 0 spiro atoms. The number of nitrogens with zero attached hydrogens (tertiary/aromatic N) is 5. The lowest BCUT2D eigenvalue weighted by atomic mass is 9.83. The van der Waals surface area contributed by atoms with Crippen molar-refractivity contribution in [3.05, 3.63) is 142 Å². The topological polar surface area (TPSA) is 270 Å². The molecule has 5 aromatic rings. The molecule has 5 atom stereocenters. The lowest BCUT2D eigenvalue weighted by Crippen LogP contribution is -2.58. The average Bonchev–Trinajstić information content (AvgIpc) is 4.11. The van der Waals surface area contributed by atoms with Crippen molar-refractivity contribution in [2.24, 2.45) is 5.92 Å². The van der Waals surface area contributed by atoms with Gasteiger partial charge in [0.25, 0.3) is 11.8 Å². The standard InChI is InChI=1S/C58H65N11O8/c1-36(60-2)53(71)65-52(39-16-4-3-5-17-39)57(75)68-34-44(32-50(68)56(74)64-48-24-13-18-38-15-6-8-21-46(38)48)61-51(70)25-11-7-19-43-35-69(67-66-43)45-28-26-40(27-29-45)54(72)62-42-20-12-14-37(31-42)30-41(33-59)55(73)63-49-23-10-9-22-47(49)58(76)77/h6,8-10,12,14-15,20-23,26-31,35-36,39,44,48,50,52,60H,3-5,7,11,13,16-19,24-25,32,34H2,1-2H3,(H,61,70)(H,62,72)(H,63,73)(H,64,74)(H,65,71)(H,76,77)/b41-30+/t36-,44-,48?,50-,52-/m0/s1. The van der Waals surface area contributed by atoms with Gasteiger partial charge in [0, 0.05) is 30.3 Å². The minimum atomic E-state index is -1.23. The van der Waals surface area contributed by atoms with Gasteiger partial charge in [-0.05, 0) is 149 Å². The van der Waals surface area contributed by atoms with Crippen molar-refractivity contribution in [1.29, 1.82) is 5.26 Å². The number of aromatic carboxylic acids is 1. The number of aromatic nitrogens is 3. The quantitative estimate of drug-likeness (QED) is 0.0253. The van der Waals surface area contributed by atoms with Crippen molar-refractivity contribution >= 4 is 58.9 Å².